The van der Waals surface area contributed by atoms with E-state index < -0.39 is 17.8 Å². The first-order chi connectivity index (χ1) is 12.8. The number of nitrogens with zero attached hydrogens (tertiary/aromatic N) is 1. The Morgan fingerprint density at radius 2 is 1.67 bits per heavy atom. The van der Waals surface area contributed by atoms with Gasteiger partial charge in [0.15, 0.2) is 5.03 Å². The maximum atomic E-state index is 12.8. The summed E-state index contributed by atoms with van der Waals surface area (Å²) in [5.41, 5.74) is 2.53. The molecular weight excluding hydrogens is 370 g/mol. The SMILES string of the molecule is COC(=O)c1ccc(OC2=C(Cl)C(=O)N(c3cccc(C)c3C)C2=O)cc1. The highest BCUT2D eigenvalue weighted by atomic mass is 35.5. The number of amides is 2. The van der Waals surface area contributed by atoms with Gasteiger partial charge in [0.05, 0.1) is 18.4 Å². The zero-order valence-corrected chi connectivity index (χ0v) is 15.7. The average Bonchev–Trinajstić information content (AvgIpc) is 2.87. The Morgan fingerprint density at radius 3 is 2.30 bits per heavy atom. The van der Waals surface area contributed by atoms with Gasteiger partial charge in [-0.3, -0.25) is 9.59 Å². The molecule has 7 heteroatoms. The third-order valence-electron chi connectivity index (χ3n) is 4.30. The van der Waals surface area contributed by atoms with E-state index in [2.05, 4.69) is 4.74 Å². The number of esters is 1. The van der Waals surface area contributed by atoms with Crippen LogP contribution in [0.5, 0.6) is 5.75 Å². The van der Waals surface area contributed by atoms with Gasteiger partial charge >= 0.3 is 11.9 Å². The molecule has 1 aliphatic rings. The quantitative estimate of drug-likeness (QED) is 0.595. The molecular formula is C20H16ClNO5. The van der Waals surface area contributed by atoms with Crippen LogP contribution in [0.2, 0.25) is 0 Å². The van der Waals surface area contributed by atoms with Crippen LogP contribution < -0.4 is 9.64 Å². The fourth-order valence-electron chi connectivity index (χ4n) is 2.66. The van der Waals surface area contributed by atoms with E-state index in [1.54, 1.807) is 12.1 Å². The predicted molar refractivity (Wildman–Crippen MR) is 99.7 cm³/mol. The van der Waals surface area contributed by atoms with Gasteiger partial charge in [-0.15, -0.1) is 0 Å². The number of methoxy groups -OCH3 is 1. The van der Waals surface area contributed by atoms with Crippen molar-refractivity contribution in [3.63, 3.8) is 0 Å². The topological polar surface area (TPSA) is 72.9 Å². The van der Waals surface area contributed by atoms with E-state index >= 15 is 0 Å². The van der Waals surface area contributed by atoms with Crippen molar-refractivity contribution in [1.82, 2.24) is 0 Å². The number of imide groups is 1. The smallest absolute Gasteiger partial charge is 0.337 e. The minimum Gasteiger partial charge on any atom is -0.465 e. The van der Waals surface area contributed by atoms with Crippen LogP contribution in [0.4, 0.5) is 5.69 Å². The number of aryl methyl sites for hydroxylation is 1. The van der Waals surface area contributed by atoms with Crippen molar-refractivity contribution in [2.45, 2.75) is 13.8 Å². The molecule has 1 aliphatic heterocycles. The molecule has 0 saturated carbocycles. The van der Waals surface area contributed by atoms with Gasteiger partial charge in [-0.2, -0.15) is 0 Å². The second-order valence-electron chi connectivity index (χ2n) is 5.93. The van der Waals surface area contributed by atoms with Crippen molar-refractivity contribution in [3.8, 4) is 5.75 Å². The first kappa shape index (κ1) is 18.7. The Balaban J connectivity index is 1.89. The standard InChI is InChI=1S/C20H16ClNO5/c1-11-5-4-6-15(12(11)2)22-18(23)16(21)17(19(22)24)27-14-9-7-13(8-10-14)20(25)26-3/h4-10H,1-3H3. The maximum Gasteiger partial charge on any atom is 0.337 e. The third kappa shape index (κ3) is 3.31. The first-order valence-corrected chi connectivity index (χ1v) is 8.44. The van der Waals surface area contributed by atoms with Crippen molar-refractivity contribution < 1.29 is 23.9 Å². The molecule has 2 amide bonds. The summed E-state index contributed by atoms with van der Waals surface area (Å²) in [6.07, 6.45) is 0. The van der Waals surface area contributed by atoms with Gasteiger partial charge in [-0.1, -0.05) is 23.7 Å². The van der Waals surface area contributed by atoms with Crippen LogP contribution in [0.15, 0.2) is 53.3 Å². The molecule has 6 nitrogen and oxygen atoms in total. The number of anilines is 1. The van der Waals surface area contributed by atoms with Gasteiger partial charge < -0.3 is 9.47 Å². The number of benzene rings is 2. The molecule has 2 aromatic carbocycles. The van der Waals surface area contributed by atoms with Crippen molar-refractivity contribution in [2.24, 2.45) is 0 Å². The van der Waals surface area contributed by atoms with Gasteiger partial charge in [0.2, 0.25) is 5.76 Å². The van der Waals surface area contributed by atoms with Crippen LogP contribution in [0.1, 0.15) is 21.5 Å². The number of rotatable bonds is 4. The summed E-state index contributed by atoms with van der Waals surface area (Å²) in [6.45, 7) is 3.71. The van der Waals surface area contributed by atoms with E-state index in [-0.39, 0.29) is 16.5 Å². The molecule has 0 atom stereocenters. The van der Waals surface area contributed by atoms with E-state index in [1.807, 2.05) is 19.9 Å². The number of halogens is 1. The van der Waals surface area contributed by atoms with Crippen LogP contribution in [0.3, 0.4) is 0 Å². The Kier molecular flexibility index (Phi) is 5.01. The zero-order chi connectivity index (χ0) is 19.7. The van der Waals surface area contributed by atoms with Crippen molar-refractivity contribution >= 4 is 35.1 Å². The molecule has 138 valence electrons. The van der Waals surface area contributed by atoms with Crippen LogP contribution in [0.25, 0.3) is 0 Å². The molecule has 0 fully saturated rings. The minimum absolute atomic E-state index is 0.256. The average molecular weight is 386 g/mol. The predicted octanol–water partition coefficient (Wildman–Crippen LogP) is 3.49. The lowest BCUT2D eigenvalue weighted by Crippen LogP contribution is -2.32. The Bertz CT molecular complexity index is 978. The van der Waals surface area contributed by atoms with Gasteiger partial charge in [-0.25, -0.2) is 9.69 Å². The van der Waals surface area contributed by atoms with Crippen molar-refractivity contribution in [2.75, 3.05) is 12.0 Å². The molecule has 0 saturated heterocycles. The molecule has 0 radical (unpaired) electrons. The van der Waals surface area contributed by atoms with Gasteiger partial charge in [0.25, 0.3) is 5.91 Å². The van der Waals surface area contributed by atoms with Crippen LogP contribution in [-0.2, 0) is 14.3 Å². The fourth-order valence-corrected chi connectivity index (χ4v) is 2.87. The highest BCUT2D eigenvalue weighted by molar-refractivity contribution is 6.52. The number of carbonyl (C=O) groups is 3. The zero-order valence-electron chi connectivity index (χ0n) is 14.9. The molecule has 27 heavy (non-hydrogen) atoms. The van der Waals surface area contributed by atoms with Crippen molar-refractivity contribution in [3.05, 3.63) is 69.9 Å². The summed E-state index contributed by atoms with van der Waals surface area (Å²) >= 11 is 6.08. The molecule has 0 N–H and O–H groups in total. The summed E-state index contributed by atoms with van der Waals surface area (Å²) in [4.78, 5) is 37.8. The second kappa shape index (κ2) is 7.25. The lowest BCUT2D eigenvalue weighted by Gasteiger charge is -2.18. The van der Waals surface area contributed by atoms with Gasteiger partial charge in [0, 0.05) is 0 Å². The van der Waals surface area contributed by atoms with Crippen molar-refractivity contribution in [1.29, 1.82) is 0 Å². The number of hydrogen-bond acceptors (Lipinski definition) is 5. The normalized spacial score (nSPS) is 14.0. The molecule has 3 rings (SSSR count). The van der Waals surface area contributed by atoms with Crippen LogP contribution in [-0.4, -0.2) is 24.9 Å². The van der Waals surface area contributed by atoms with Crippen LogP contribution >= 0.6 is 11.6 Å². The number of carbonyl (C=O) groups excluding carboxylic acids is 3. The summed E-state index contributed by atoms with van der Waals surface area (Å²) in [5.74, 6) is -1.77. The molecule has 0 aliphatic carbocycles. The minimum atomic E-state index is -0.643. The molecule has 0 aromatic heterocycles. The second-order valence-corrected chi connectivity index (χ2v) is 6.30. The van der Waals surface area contributed by atoms with E-state index in [1.165, 1.54) is 31.4 Å². The van der Waals surface area contributed by atoms with E-state index in [9.17, 15) is 14.4 Å². The lowest BCUT2D eigenvalue weighted by atomic mass is 10.1. The molecule has 0 bridgehead atoms. The largest absolute Gasteiger partial charge is 0.465 e. The van der Waals surface area contributed by atoms with Gasteiger partial charge in [-0.05, 0) is 55.3 Å². The molecule has 1 heterocycles. The summed E-state index contributed by atoms with van der Waals surface area (Å²) < 4.78 is 10.2. The Hall–Kier alpha value is -3.12. The maximum absolute atomic E-state index is 12.8. The summed E-state index contributed by atoms with van der Waals surface area (Å²) in [6, 6.07) is 11.3. The van der Waals surface area contributed by atoms with Crippen LogP contribution in [0, 0.1) is 13.8 Å². The van der Waals surface area contributed by atoms with E-state index in [0.717, 1.165) is 16.0 Å². The van der Waals surface area contributed by atoms with E-state index in [4.69, 9.17) is 16.3 Å². The summed E-state index contributed by atoms with van der Waals surface area (Å²) in [5, 5.41) is -0.294. The Labute approximate surface area is 160 Å². The monoisotopic (exact) mass is 385 g/mol. The molecule has 0 spiro atoms. The van der Waals surface area contributed by atoms with E-state index in [0.29, 0.717) is 11.3 Å². The number of hydrogen-bond donors (Lipinski definition) is 0. The third-order valence-corrected chi connectivity index (χ3v) is 4.63. The lowest BCUT2D eigenvalue weighted by molar-refractivity contribution is -0.121. The molecule has 0 unspecified atom stereocenters. The summed E-state index contributed by atoms with van der Waals surface area (Å²) in [7, 11) is 1.28. The highest BCUT2D eigenvalue weighted by Crippen LogP contribution is 2.33. The highest BCUT2D eigenvalue weighted by Gasteiger charge is 2.41. The fraction of sp³-hybridized carbons (Fsp3) is 0.150. The number of ether oxygens (including phenoxy) is 2. The first-order valence-electron chi connectivity index (χ1n) is 8.06. The molecule has 2 aromatic rings. The van der Waals surface area contributed by atoms with Gasteiger partial charge in [0.1, 0.15) is 5.75 Å². The Morgan fingerprint density at radius 1 is 1.00 bits per heavy atom.